The Kier molecular flexibility index (Phi) is 10.8. The topological polar surface area (TPSA) is 91.6 Å². The van der Waals surface area contributed by atoms with Gasteiger partial charge in [-0.3, -0.25) is 9.67 Å². The SMILES string of the molecule is CCNC(=NCC1CCN(S(=O)(=O)C(F)(F)F)CC1)NCCCc1cnn(C)c1.I. The molecule has 2 heterocycles. The van der Waals surface area contributed by atoms with Gasteiger partial charge in [0.05, 0.1) is 6.20 Å². The van der Waals surface area contributed by atoms with Crippen molar-refractivity contribution >= 4 is 40.0 Å². The molecule has 0 bridgehead atoms. The summed E-state index contributed by atoms with van der Waals surface area (Å²) in [4.78, 5) is 4.51. The Morgan fingerprint density at radius 2 is 1.97 bits per heavy atom. The van der Waals surface area contributed by atoms with E-state index < -0.39 is 15.5 Å². The molecule has 1 aliphatic rings. The van der Waals surface area contributed by atoms with E-state index in [9.17, 15) is 21.6 Å². The third-order valence-electron chi connectivity index (χ3n) is 4.75. The molecule has 0 aliphatic carbocycles. The number of piperidine rings is 1. The van der Waals surface area contributed by atoms with Gasteiger partial charge < -0.3 is 10.6 Å². The Labute approximate surface area is 192 Å². The van der Waals surface area contributed by atoms with Crippen LogP contribution in [0.1, 0.15) is 31.7 Å². The molecule has 174 valence electrons. The van der Waals surface area contributed by atoms with Crippen molar-refractivity contribution in [2.75, 3.05) is 32.7 Å². The summed E-state index contributed by atoms with van der Waals surface area (Å²) in [5.74, 6) is 0.713. The number of rotatable bonds is 8. The van der Waals surface area contributed by atoms with Gasteiger partial charge in [0.2, 0.25) is 0 Å². The van der Waals surface area contributed by atoms with Gasteiger partial charge in [0, 0.05) is 46.0 Å². The monoisotopic (exact) mass is 566 g/mol. The highest BCUT2D eigenvalue weighted by atomic mass is 127. The van der Waals surface area contributed by atoms with E-state index in [0.29, 0.717) is 36.2 Å². The fourth-order valence-corrected chi connectivity index (χ4v) is 4.13. The summed E-state index contributed by atoms with van der Waals surface area (Å²) in [6.45, 7) is 3.55. The van der Waals surface area contributed by atoms with Gasteiger partial charge in [0.1, 0.15) is 0 Å². The van der Waals surface area contributed by atoms with E-state index in [4.69, 9.17) is 0 Å². The average Bonchev–Trinajstić information content (AvgIpc) is 3.07. The summed E-state index contributed by atoms with van der Waals surface area (Å²) in [6.07, 6.45) is 6.34. The molecular formula is C17H30F3IN6O2S. The number of alkyl halides is 3. The predicted molar refractivity (Wildman–Crippen MR) is 120 cm³/mol. The van der Waals surface area contributed by atoms with Crippen LogP contribution in [-0.4, -0.2) is 66.7 Å². The van der Waals surface area contributed by atoms with Crippen LogP contribution in [0.25, 0.3) is 0 Å². The summed E-state index contributed by atoms with van der Waals surface area (Å²) in [5, 5.41) is 10.5. The van der Waals surface area contributed by atoms with Crippen molar-refractivity contribution in [3.05, 3.63) is 18.0 Å². The molecule has 0 unspecified atom stereocenters. The predicted octanol–water partition coefficient (Wildman–Crippen LogP) is 2.09. The molecule has 13 heteroatoms. The highest BCUT2D eigenvalue weighted by Crippen LogP contribution is 2.30. The third kappa shape index (κ3) is 7.87. The molecule has 2 N–H and O–H groups in total. The Morgan fingerprint density at radius 1 is 1.30 bits per heavy atom. The van der Waals surface area contributed by atoms with E-state index >= 15 is 0 Å². The summed E-state index contributed by atoms with van der Waals surface area (Å²) in [7, 11) is -3.36. The second-order valence-corrected chi connectivity index (χ2v) is 8.99. The Balaban J connectivity index is 0.00000450. The molecule has 1 fully saturated rings. The van der Waals surface area contributed by atoms with E-state index in [2.05, 4.69) is 20.7 Å². The second kappa shape index (κ2) is 12.1. The molecule has 0 atom stereocenters. The average molecular weight is 566 g/mol. The molecule has 0 spiro atoms. The molecular weight excluding hydrogens is 536 g/mol. The van der Waals surface area contributed by atoms with Gasteiger partial charge in [0.25, 0.3) is 0 Å². The molecule has 30 heavy (non-hydrogen) atoms. The zero-order chi connectivity index (χ0) is 21.5. The first-order valence-electron chi connectivity index (χ1n) is 9.69. The quantitative estimate of drug-likeness (QED) is 0.218. The van der Waals surface area contributed by atoms with Crippen LogP contribution >= 0.6 is 24.0 Å². The fraction of sp³-hybridized carbons (Fsp3) is 0.765. The fourth-order valence-electron chi connectivity index (χ4n) is 3.14. The van der Waals surface area contributed by atoms with E-state index in [1.807, 2.05) is 26.4 Å². The van der Waals surface area contributed by atoms with Gasteiger partial charge in [-0.15, -0.1) is 24.0 Å². The summed E-state index contributed by atoms with van der Waals surface area (Å²) < 4.78 is 63.1. The minimum absolute atomic E-state index is 0. The summed E-state index contributed by atoms with van der Waals surface area (Å²) in [5.41, 5.74) is -4.08. The number of nitrogens with one attached hydrogen (secondary N) is 2. The largest absolute Gasteiger partial charge is 0.511 e. The van der Waals surface area contributed by atoms with Gasteiger partial charge in [-0.1, -0.05) is 0 Å². The van der Waals surface area contributed by atoms with Gasteiger partial charge >= 0.3 is 15.5 Å². The van der Waals surface area contributed by atoms with Crippen LogP contribution in [0.4, 0.5) is 13.2 Å². The molecule has 8 nitrogen and oxygen atoms in total. The Hall–Kier alpha value is -1.09. The molecule has 1 aromatic heterocycles. The maximum atomic E-state index is 12.6. The molecule has 1 aromatic rings. The number of aromatic nitrogens is 2. The van der Waals surface area contributed by atoms with Crippen molar-refractivity contribution in [1.29, 1.82) is 0 Å². The summed E-state index contributed by atoms with van der Waals surface area (Å²) in [6, 6.07) is 0. The van der Waals surface area contributed by atoms with Crippen LogP contribution in [-0.2, 0) is 23.5 Å². The Morgan fingerprint density at radius 3 is 2.50 bits per heavy atom. The molecule has 0 aromatic carbocycles. The lowest BCUT2D eigenvalue weighted by Gasteiger charge is -2.30. The zero-order valence-electron chi connectivity index (χ0n) is 17.2. The summed E-state index contributed by atoms with van der Waals surface area (Å²) >= 11 is 0. The lowest BCUT2D eigenvalue weighted by molar-refractivity contribution is -0.0496. The first-order chi connectivity index (χ1) is 13.6. The number of hydrogen-bond acceptors (Lipinski definition) is 4. The maximum Gasteiger partial charge on any atom is 0.511 e. The minimum Gasteiger partial charge on any atom is -0.357 e. The number of aryl methyl sites for hydroxylation is 2. The smallest absolute Gasteiger partial charge is 0.357 e. The number of guanidine groups is 1. The normalized spacial score (nSPS) is 16.9. The van der Waals surface area contributed by atoms with Crippen LogP contribution in [0.15, 0.2) is 17.4 Å². The van der Waals surface area contributed by atoms with E-state index in [1.54, 1.807) is 4.68 Å². The molecule has 0 radical (unpaired) electrons. The lowest BCUT2D eigenvalue weighted by atomic mass is 9.98. The van der Waals surface area contributed by atoms with E-state index in [-0.39, 0.29) is 43.0 Å². The second-order valence-electron chi connectivity index (χ2n) is 7.07. The maximum absolute atomic E-state index is 12.6. The molecule has 1 saturated heterocycles. The number of nitrogens with zero attached hydrogens (tertiary/aromatic N) is 4. The van der Waals surface area contributed by atoms with Crippen molar-refractivity contribution < 1.29 is 21.6 Å². The minimum atomic E-state index is -5.24. The molecule has 0 amide bonds. The molecule has 2 rings (SSSR count). The van der Waals surface area contributed by atoms with Crippen LogP contribution < -0.4 is 10.6 Å². The number of hydrogen-bond donors (Lipinski definition) is 2. The highest BCUT2D eigenvalue weighted by Gasteiger charge is 2.50. The zero-order valence-corrected chi connectivity index (χ0v) is 20.3. The van der Waals surface area contributed by atoms with Gasteiger partial charge in [-0.2, -0.15) is 22.6 Å². The van der Waals surface area contributed by atoms with Gasteiger partial charge in [0.15, 0.2) is 5.96 Å². The first kappa shape index (κ1) is 26.9. The number of halogens is 4. The van der Waals surface area contributed by atoms with Crippen molar-refractivity contribution in [3.63, 3.8) is 0 Å². The lowest BCUT2D eigenvalue weighted by Crippen LogP contribution is -2.45. The Bertz CT molecular complexity index is 777. The van der Waals surface area contributed by atoms with Crippen molar-refractivity contribution in [2.45, 2.75) is 38.1 Å². The van der Waals surface area contributed by atoms with Gasteiger partial charge in [-0.05, 0) is 44.1 Å². The van der Waals surface area contributed by atoms with Gasteiger partial charge in [-0.25, -0.2) is 8.42 Å². The van der Waals surface area contributed by atoms with E-state index in [1.165, 1.54) is 0 Å². The van der Waals surface area contributed by atoms with Crippen molar-refractivity contribution in [2.24, 2.45) is 18.0 Å². The first-order valence-corrected chi connectivity index (χ1v) is 11.1. The van der Waals surface area contributed by atoms with E-state index in [0.717, 1.165) is 24.9 Å². The van der Waals surface area contributed by atoms with Crippen molar-refractivity contribution in [3.8, 4) is 0 Å². The van der Waals surface area contributed by atoms with Crippen LogP contribution in [0.3, 0.4) is 0 Å². The molecule has 0 saturated carbocycles. The number of aliphatic imine (C=N–C) groups is 1. The standard InChI is InChI=1S/C17H29F3N6O2S.HI/c1-3-21-16(22-8-4-5-15-12-24-25(2)13-15)23-11-14-6-9-26(10-7-14)29(27,28)17(18,19)20;/h12-14H,3-11H2,1-2H3,(H2,21,22,23);1H. The van der Waals surface area contributed by atoms with Crippen LogP contribution in [0, 0.1) is 5.92 Å². The van der Waals surface area contributed by atoms with Crippen molar-refractivity contribution in [1.82, 2.24) is 24.7 Å². The van der Waals surface area contributed by atoms with Crippen LogP contribution in [0.5, 0.6) is 0 Å². The van der Waals surface area contributed by atoms with Crippen LogP contribution in [0.2, 0.25) is 0 Å². The highest BCUT2D eigenvalue weighted by molar-refractivity contribution is 14.0. The third-order valence-corrected chi connectivity index (χ3v) is 6.38. The molecule has 1 aliphatic heterocycles. The number of sulfonamides is 1.